The van der Waals surface area contributed by atoms with Gasteiger partial charge in [0.05, 0.1) is 0 Å². The topological polar surface area (TPSA) is 0 Å². The molecule has 1 heteroatoms. The maximum absolute atomic E-state index is 6.13. The molecule has 2 fully saturated rings. The van der Waals surface area contributed by atoms with E-state index < -0.39 is 0 Å². The van der Waals surface area contributed by atoms with Crippen molar-refractivity contribution in [3.05, 3.63) is 0 Å². The van der Waals surface area contributed by atoms with Gasteiger partial charge in [0.2, 0.25) is 0 Å². The Hall–Kier alpha value is 0.290. The zero-order valence-electron chi connectivity index (χ0n) is 8.69. The van der Waals surface area contributed by atoms with Crippen LogP contribution in [-0.2, 0) is 0 Å². The molecule has 13 heavy (non-hydrogen) atoms. The highest BCUT2D eigenvalue weighted by Crippen LogP contribution is 2.61. The van der Waals surface area contributed by atoms with E-state index in [9.17, 15) is 0 Å². The molecule has 2 aliphatic rings. The summed E-state index contributed by atoms with van der Waals surface area (Å²) in [5.41, 5.74) is 0.574. The summed E-state index contributed by atoms with van der Waals surface area (Å²) in [5.74, 6) is 3.09. The van der Waals surface area contributed by atoms with Gasteiger partial charge in [0, 0.05) is 5.88 Å². The van der Waals surface area contributed by atoms with Crippen molar-refractivity contribution in [2.24, 2.45) is 17.3 Å². The normalized spacial score (nSPS) is 42.0. The number of fused-ring (bicyclic) bond motifs is 1. The number of alkyl halides is 1. The van der Waals surface area contributed by atoms with Gasteiger partial charge in [-0.3, -0.25) is 0 Å². The van der Waals surface area contributed by atoms with Crippen LogP contribution in [0.2, 0.25) is 0 Å². The molecule has 2 rings (SSSR count). The Morgan fingerprint density at radius 3 is 2.46 bits per heavy atom. The van der Waals surface area contributed by atoms with E-state index in [4.69, 9.17) is 11.6 Å². The summed E-state index contributed by atoms with van der Waals surface area (Å²) in [7, 11) is 0. The molecule has 2 saturated carbocycles. The molecule has 0 aromatic heterocycles. The highest BCUT2D eigenvalue weighted by Gasteiger charge is 2.52. The van der Waals surface area contributed by atoms with Crippen molar-refractivity contribution in [1.82, 2.24) is 0 Å². The third kappa shape index (κ3) is 2.03. The third-order valence-corrected chi connectivity index (χ3v) is 4.62. The molecule has 0 saturated heterocycles. The highest BCUT2D eigenvalue weighted by atomic mass is 35.5. The summed E-state index contributed by atoms with van der Waals surface area (Å²) in [6.45, 7) is 2.28. The van der Waals surface area contributed by atoms with Crippen molar-refractivity contribution < 1.29 is 0 Å². The number of halogens is 1. The molecular formula is C12H21Cl. The van der Waals surface area contributed by atoms with E-state index in [1.54, 1.807) is 0 Å². The second-order valence-corrected chi connectivity index (χ2v) is 5.52. The summed E-state index contributed by atoms with van der Waals surface area (Å²) in [6.07, 6.45) is 9.96. The smallest absolute Gasteiger partial charge is 0.0280 e. The van der Waals surface area contributed by atoms with Crippen LogP contribution in [0.5, 0.6) is 0 Å². The van der Waals surface area contributed by atoms with Gasteiger partial charge in [-0.15, -0.1) is 11.6 Å². The molecule has 0 aliphatic heterocycles. The Balaban J connectivity index is 1.78. The second kappa shape index (κ2) is 3.81. The molecular weight excluding hydrogens is 180 g/mol. The maximum Gasteiger partial charge on any atom is 0.0280 e. The van der Waals surface area contributed by atoms with Gasteiger partial charge in [-0.1, -0.05) is 26.2 Å². The third-order valence-electron chi connectivity index (χ3n) is 4.05. The number of hydrogen-bond acceptors (Lipinski definition) is 0. The van der Waals surface area contributed by atoms with Crippen LogP contribution < -0.4 is 0 Å². The molecule has 0 aromatic carbocycles. The lowest BCUT2D eigenvalue weighted by Gasteiger charge is -2.28. The molecule has 2 unspecified atom stereocenters. The molecule has 2 atom stereocenters. The van der Waals surface area contributed by atoms with Crippen LogP contribution >= 0.6 is 11.6 Å². The van der Waals surface area contributed by atoms with Crippen molar-refractivity contribution in [1.29, 1.82) is 0 Å². The molecule has 2 aliphatic carbocycles. The number of unbranched alkanes of at least 4 members (excludes halogenated alkanes) is 2. The fourth-order valence-electron chi connectivity index (χ4n) is 3.14. The van der Waals surface area contributed by atoms with Gasteiger partial charge < -0.3 is 0 Å². The Kier molecular flexibility index (Phi) is 2.88. The number of hydrogen-bond donors (Lipinski definition) is 0. The summed E-state index contributed by atoms with van der Waals surface area (Å²) in [6, 6.07) is 0. The molecule has 0 aromatic rings. The van der Waals surface area contributed by atoms with E-state index >= 15 is 0 Å². The molecule has 0 nitrogen and oxygen atoms in total. The Labute approximate surface area is 87.0 Å². The lowest BCUT2D eigenvalue weighted by Crippen LogP contribution is -2.20. The zero-order valence-corrected chi connectivity index (χ0v) is 9.45. The van der Waals surface area contributed by atoms with E-state index in [1.165, 1.54) is 44.9 Å². The molecule has 0 N–H and O–H groups in total. The lowest BCUT2D eigenvalue weighted by molar-refractivity contribution is 0.270. The first-order valence-corrected chi connectivity index (χ1v) is 6.39. The van der Waals surface area contributed by atoms with Gasteiger partial charge in [0.25, 0.3) is 0 Å². The van der Waals surface area contributed by atoms with Crippen molar-refractivity contribution in [3.63, 3.8) is 0 Å². The fourth-order valence-corrected chi connectivity index (χ4v) is 3.49. The standard InChI is InChI=1S/C12H21Cl/c1-2-3-4-5-12(9-13)7-10-6-11(10)8-12/h10-11H,2-9H2,1H3. The van der Waals surface area contributed by atoms with Gasteiger partial charge in [-0.05, 0) is 42.9 Å². The molecule has 76 valence electrons. The number of rotatable bonds is 5. The van der Waals surface area contributed by atoms with Crippen molar-refractivity contribution >= 4 is 11.6 Å². The van der Waals surface area contributed by atoms with E-state index in [0.29, 0.717) is 5.41 Å². The molecule has 0 heterocycles. The van der Waals surface area contributed by atoms with Gasteiger partial charge in [0.1, 0.15) is 0 Å². The average Bonchev–Trinajstić information content (AvgIpc) is 2.76. The van der Waals surface area contributed by atoms with Crippen LogP contribution in [0.4, 0.5) is 0 Å². The average molecular weight is 201 g/mol. The van der Waals surface area contributed by atoms with Crippen LogP contribution in [0.15, 0.2) is 0 Å². The minimum atomic E-state index is 0.574. The Morgan fingerprint density at radius 1 is 1.23 bits per heavy atom. The van der Waals surface area contributed by atoms with Crippen LogP contribution in [0.3, 0.4) is 0 Å². The van der Waals surface area contributed by atoms with Crippen LogP contribution in [0.25, 0.3) is 0 Å². The molecule has 0 amide bonds. The predicted octanol–water partition coefficient (Wildman–Crippen LogP) is 4.22. The predicted molar refractivity (Wildman–Crippen MR) is 58.1 cm³/mol. The van der Waals surface area contributed by atoms with Crippen LogP contribution in [0.1, 0.15) is 51.9 Å². The SMILES string of the molecule is CCCCCC1(CCl)CC2CC2C1. The van der Waals surface area contributed by atoms with Crippen molar-refractivity contribution in [3.8, 4) is 0 Å². The van der Waals surface area contributed by atoms with E-state index in [-0.39, 0.29) is 0 Å². The van der Waals surface area contributed by atoms with Crippen molar-refractivity contribution in [2.75, 3.05) is 5.88 Å². The summed E-state index contributed by atoms with van der Waals surface area (Å²) < 4.78 is 0. The quantitative estimate of drug-likeness (QED) is 0.461. The molecule has 0 spiro atoms. The lowest BCUT2D eigenvalue weighted by atomic mass is 9.80. The van der Waals surface area contributed by atoms with E-state index in [0.717, 1.165) is 17.7 Å². The summed E-state index contributed by atoms with van der Waals surface area (Å²) in [5, 5.41) is 0. The van der Waals surface area contributed by atoms with Gasteiger partial charge in [-0.2, -0.15) is 0 Å². The Bertz CT molecular complexity index is 166. The first-order chi connectivity index (χ1) is 6.29. The summed E-state index contributed by atoms with van der Waals surface area (Å²) >= 11 is 6.13. The van der Waals surface area contributed by atoms with E-state index in [2.05, 4.69) is 6.92 Å². The molecule has 0 bridgehead atoms. The summed E-state index contributed by atoms with van der Waals surface area (Å²) in [4.78, 5) is 0. The van der Waals surface area contributed by atoms with Gasteiger partial charge >= 0.3 is 0 Å². The second-order valence-electron chi connectivity index (χ2n) is 5.25. The first kappa shape index (κ1) is 9.83. The fraction of sp³-hybridized carbons (Fsp3) is 1.00. The molecule has 0 radical (unpaired) electrons. The monoisotopic (exact) mass is 200 g/mol. The zero-order chi connectivity index (χ0) is 9.31. The minimum Gasteiger partial charge on any atom is -0.126 e. The van der Waals surface area contributed by atoms with Crippen LogP contribution in [-0.4, -0.2) is 5.88 Å². The first-order valence-electron chi connectivity index (χ1n) is 5.85. The van der Waals surface area contributed by atoms with E-state index in [1.807, 2.05) is 0 Å². The minimum absolute atomic E-state index is 0.574. The largest absolute Gasteiger partial charge is 0.126 e. The van der Waals surface area contributed by atoms with Crippen molar-refractivity contribution in [2.45, 2.75) is 51.9 Å². The van der Waals surface area contributed by atoms with Gasteiger partial charge in [-0.25, -0.2) is 0 Å². The maximum atomic E-state index is 6.13. The highest BCUT2D eigenvalue weighted by molar-refractivity contribution is 6.18. The van der Waals surface area contributed by atoms with Crippen LogP contribution in [0, 0.1) is 17.3 Å². The Morgan fingerprint density at radius 2 is 1.92 bits per heavy atom. The van der Waals surface area contributed by atoms with Gasteiger partial charge in [0.15, 0.2) is 0 Å².